The van der Waals surface area contributed by atoms with Gasteiger partial charge in [-0.2, -0.15) is 21.6 Å². The van der Waals surface area contributed by atoms with Crippen molar-refractivity contribution in [3.8, 4) is 5.75 Å². The van der Waals surface area contributed by atoms with E-state index in [2.05, 4.69) is 34.5 Å². The molecule has 0 fully saturated rings. The number of hydrogen-bond donors (Lipinski definition) is 0. The first-order valence-corrected chi connectivity index (χ1v) is 10.2. The Balaban J connectivity index is 1.67. The molecule has 0 saturated carbocycles. The highest BCUT2D eigenvalue weighted by atomic mass is 32.2. The Morgan fingerprint density at radius 3 is 2.21 bits per heavy atom. The number of alkyl halides is 3. The number of halogens is 3. The van der Waals surface area contributed by atoms with E-state index in [0.717, 1.165) is 28.0 Å². The molecule has 146 valence electrons. The molecule has 0 N–H and O–H groups in total. The molecule has 7 heteroatoms. The summed E-state index contributed by atoms with van der Waals surface area (Å²) < 4.78 is 64.5. The van der Waals surface area contributed by atoms with Gasteiger partial charge in [0.2, 0.25) is 0 Å². The van der Waals surface area contributed by atoms with Gasteiger partial charge in [0.05, 0.1) is 0 Å². The summed E-state index contributed by atoms with van der Waals surface area (Å²) in [6, 6.07) is 16.0. The maximum absolute atomic E-state index is 12.6. The van der Waals surface area contributed by atoms with Crippen molar-refractivity contribution in [3.63, 3.8) is 0 Å². The molecule has 0 aromatic heterocycles. The van der Waals surface area contributed by atoms with Crippen LogP contribution in [0, 0.1) is 0 Å². The Morgan fingerprint density at radius 2 is 1.41 bits per heavy atom. The molecule has 0 amide bonds. The van der Waals surface area contributed by atoms with Gasteiger partial charge in [0.1, 0.15) is 5.75 Å². The Labute approximate surface area is 164 Å². The predicted molar refractivity (Wildman–Crippen MR) is 107 cm³/mol. The van der Waals surface area contributed by atoms with E-state index in [1.165, 1.54) is 28.6 Å². The first-order chi connectivity index (χ1) is 13.7. The fourth-order valence-corrected chi connectivity index (χ4v) is 4.38. The van der Waals surface area contributed by atoms with Crippen molar-refractivity contribution in [2.45, 2.75) is 11.9 Å². The van der Waals surface area contributed by atoms with Crippen LogP contribution in [0.1, 0.15) is 11.1 Å². The van der Waals surface area contributed by atoms with E-state index < -0.39 is 15.6 Å². The van der Waals surface area contributed by atoms with Crippen LogP contribution < -0.4 is 4.18 Å². The number of rotatable bonds is 2. The minimum absolute atomic E-state index is 0.376. The predicted octanol–water partition coefficient (Wildman–Crippen LogP) is 5.94. The van der Waals surface area contributed by atoms with Crippen LogP contribution in [0.4, 0.5) is 13.2 Å². The quantitative estimate of drug-likeness (QED) is 0.231. The van der Waals surface area contributed by atoms with Gasteiger partial charge in [-0.25, -0.2) is 0 Å². The molecule has 4 aromatic rings. The van der Waals surface area contributed by atoms with E-state index in [1.54, 1.807) is 12.1 Å². The van der Waals surface area contributed by atoms with Crippen LogP contribution in [0.5, 0.6) is 5.75 Å². The monoisotopic (exact) mass is 414 g/mol. The third-order valence-electron chi connectivity index (χ3n) is 5.24. The summed E-state index contributed by atoms with van der Waals surface area (Å²) in [6.07, 6.45) is 5.13. The summed E-state index contributed by atoms with van der Waals surface area (Å²) in [4.78, 5) is 0. The Hall–Kier alpha value is -3.06. The zero-order valence-electron chi connectivity index (χ0n) is 14.8. The molecular formula is C22H13F3O3S. The van der Waals surface area contributed by atoms with Crippen LogP contribution >= 0.6 is 0 Å². The maximum atomic E-state index is 12.6. The Morgan fingerprint density at radius 1 is 0.793 bits per heavy atom. The van der Waals surface area contributed by atoms with Crippen molar-refractivity contribution in [1.82, 2.24) is 0 Å². The van der Waals surface area contributed by atoms with E-state index in [9.17, 15) is 21.6 Å². The van der Waals surface area contributed by atoms with Crippen molar-refractivity contribution in [1.29, 1.82) is 0 Å². The molecule has 4 aromatic carbocycles. The average Bonchev–Trinajstić information content (AvgIpc) is 3.15. The van der Waals surface area contributed by atoms with E-state index in [4.69, 9.17) is 0 Å². The topological polar surface area (TPSA) is 43.4 Å². The van der Waals surface area contributed by atoms with Gasteiger partial charge in [0.25, 0.3) is 0 Å². The SMILES string of the molecule is O=S(=O)(Oc1ccc2c(ccc3c4ccc5c(c4ccc23)CC=C5)c1)C(F)(F)F. The second kappa shape index (κ2) is 5.97. The second-order valence-electron chi connectivity index (χ2n) is 6.93. The molecule has 3 nitrogen and oxygen atoms in total. The summed E-state index contributed by atoms with van der Waals surface area (Å²) in [7, 11) is -5.70. The number of allylic oxidation sites excluding steroid dienone is 1. The van der Waals surface area contributed by atoms with Gasteiger partial charge in [-0.3, -0.25) is 0 Å². The zero-order valence-corrected chi connectivity index (χ0v) is 15.6. The van der Waals surface area contributed by atoms with Crippen LogP contribution in [0.15, 0.2) is 60.7 Å². The van der Waals surface area contributed by atoms with Crippen LogP contribution in [0.3, 0.4) is 0 Å². The fraction of sp³-hybridized carbons (Fsp3) is 0.0909. The van der Waals surface area contributed by atoms with Crippen molar-refractivity contribution < 1.29 is 25.8 Å². The van der Waals surface area contributed by atoms with Crippen molar-refractivity contribution in [2.24, 2.45) is 0 Å². The standard InChI is InChI=1S/C22H13F3O3S/c23-22(24,25)29(26,27)28-15-6-9-17-14(12-15)5-8-21-19(17)11-10-18-16-3-1-2-13(16)4-7-20(18)21/h1-2,4-12H,3H2. The van der Waals surface area contributed by atoms with Gasteiger partial charge < -0.3 is 4.18 Å². The van der Waals surface area contributed by atoms with Crippen LogP contribution in [0.2, 0.25) is 0 Å². The summed E-state index contributed by atoms with van der Waals surface area (Å²) in [5.74, 6) is -0.376. The van der Waals surface area contributed by atoms with Crippen LogP contribution in [0.25, 0.3) is 38.4 Å². The zero-order chi connectivity index (χ0) is 20.4. The summed E-state index contributed by atoms with van der Waals surface area (Å²) >= 11 is 0. The fourth-order valence-electron chi connectivity index (χ4n) is 3.93. The van der Waals surface area contributed by atoms with Crippen molar-refractivity contribution in [2.75, 3.05) is 0 Å². The number of benzene rings is 4. The Bertz CT molecular complexity index is 1450. The number of hydrogen-bond acceptors (Lipinski definition) is 3. The summed E-state index contributed by atoms with van der Waals surface area (Å²) in [5, 5.41) is 5.64. The largest absolute Gasteiger partial charge is 0.534 e. The smallest absolute Gasteiger partial charge is 0.376 e. The third-order valence-corrected chi connectivity index (χ3v) is 6.22. The molecule has 0 radical (unpaired) electrons. The lowest BCUT2D eigenvalue weighted by Gasteiger charge is -2.12. The van der Waals surface area contributed by atoms with Crippen LogP contribution in [-0.2, 0) is 16.5 Å². The average molecular weight is 414 g/mol. The normalized spacial score (nSPS) is 14.0. The first-order valence-electron chi connectivity index (χ1n) is 8.83. The van der Waals surface area contributed by atoms with E-state index in [0.29, 0.717) is 5.39 Å². The molecule has 0 unspecified atom stereocenters. The minimum atomic E-state index is -5.70. The molecule has 0 saturated heterocycles. The molecule has 5 rings (SSSR count). The van der Waals surface area contributed by atoms with Gasteiger partial charge in [-0.05, 0) is 62.0 Å². The molecule has 0 aliphatic heterocycles. The third kappa shape index (κ3) is 2.76. The molecule has 1 aliphatic rings. The van der Waals surface area contributed by atoms with Gasteiger partial charge in [-0.15, -0.1) is 0 Å². The van der Waals surface area contributed by atoms with Crippen molar-refractivity contribution >= 4 is 48.5 Å². The molecular weight excluding hydrogens is 401 g/mol. The van der Waals surface area contributed by atoms with Crippen molar-refractivity contribution in [3.05, 3.63) is 71.8 Å². The highest BCUT2D eigenvalue weighted by Crippen LogP contribution is 2.37. The molecule has 29 heavy (non-hydrogen) atoms. The lowest BCUT2D eigenvalue weighted by Crippen LogP contribution is -2.28. The summed E-state index contributed by atoms with van der Waals surface area (Å²) in [6.45, 7) is 0. The molecule has 0 heterocycles. The summed E-state index contributed by atoms with van der Waals surface area (Å²) in [5.41, 5.74) is -2.98. The molecule has 0 atom stereocenters. The maximum Gasteiger partial charge on any atom is 0.534 e. The molecule has 0 bridgehead atoms. The number of fused-ring (bicyclic) bond motifs is 7. The van der Waals surface area contributed by atoms with E-state index >= 15 is 0 Å². The Kier molecular flexibility index (Phi) is 3.70. The lowest BCUT2D eigenvalue weighted by atomic mass is 9.93. The highest BCUT2D eigenvalue weighted by molar-refractivity contribution is 7.88. The highest BCUT2D eigenvalue weighted by Gasteiger charge is 2.48. The van der Waals surface area contributed by atoms with E-state index in [1.807, 2.05) is 12.1 Å². The van der Waals surface area contributed by atoms with Crippen LogP contribution in [-0.4, -0.2) is 13.9 Å². The molecule has 1 aliphatic carbocycles. The van der Waals surface area contributed by atoms with Gasteiger partial charge in [0, 0.05) is 0 Å². The van der Waals surface area contributed by atoms with Gasteiger partial charge in [0.15, 0.2) is 0 Å². The van der Waals surface area contributed by atoms with E-state index in [-0.39, 0.29) is 5.75 Å². The minimum Gasteiger partial charge on any atom is -0.376 e. The van der Waals surface area contributed by atoms with Gasteiger partial charge in [-0.1, -0.05) is 54.6 Å². The lowest BCUT2D eigenvalue weighted by molar-refractivity contribution is -0.0500. The second-order valence-corrected chi connectivity index (χ2v) is 8.47. The first kappa shape index (κ1) is 18.0. The molecule has 0 spiro atoms. The van der Waals surface area contributed by atoms with Gasteiger partial charge >= 0.3 is 15.6 Å².